The van der Waals surface area contributed by atoms with Crippen molar-refractivity contribution in [1.29, 1.82) is 0 Å². The van der Waals surface area contributed by atoms with Crippen LogP contribution in [-0.2, 0) is 6.54 Å². The van der Waals surface area contributed by atoms with Crippen molar-refractivity contribution < 1.29 is 0 Å². The van der Waals surface area contributed by atoms with Crippen molar-refractivity contribution in [3.05, 3.63) is 26.4 Å². The molecule has 0 saturated carbocycles. The molecule has 16 heavy (non-hydrogen) atoms. The Morgan fingerprint density at radius 2 is 1.94 bits per heavy atom. The molecule has 0 radical (unpaired) electrons. The van der Waals surface area contributed by atoms with Gasteiger partial charge in [-0.25, -0.2) is 4.98 Å². The van der Waals surface area contributed by atoms with E-state index >= 15 is 0 Å². The van der Waals surface area contributed by atoms with E-state index in [4.69, 9.17) is 0 Å². The second-order valence-electron chi connectivity index (χ2n) is 4.01. The average Bonchev–Trinajstić information content (AvgIpc) is 2.29. The Labute approximate surface area is 110 Å². The fraction of sp³-hybridized carbons (Fsp3) is 0.667. The maximum absolute atomic E-state index is 11.7. The lowest BCUT2D eigenvalue weighted by atomic mass is 10.1. The first-order valence-electron chi connectivity index (χ1n) is 5.95. The number of aryl methyl sites for hydroxylation is 1. The van der Waals surface area contributed by atoms with E-state index in [1.807, 2.05) is 22.6 Å². The van der Waals surface area contributed by atoms with Crippen LogP contribution in [0.3, 0.4) is 0 Å². The zero-order valence-corrected chi connectivity index (χ0v) is 11.9. The molecule has 0 aliphatic rings. The van der Waals surface area contributed by atoms with E-state index < -0.39 is 0 Å². The first kappa shape index (κ1) is 13.7. The second kappa shape index (κ2) is 7.81. The summed E-state index contributed by atoms with van der Waals surface area (Å²) in [6.45, 7) is 3.02. The molecule has 1 rings (SSSR count). The van der Waals surface area contributed by atoms with Gasteiger partial charge in [0.1, 0.15) is 0 Å². The maximum atomic E-state index is 11.7. The van der Waals surface area contributed by atoms with Gasteiger partial charge in [-0.2, -0.15) is 0 Å². The number of aromatic nitrogens is 2. The first-order chi connectivity index (χ1) is 7.75. The highest BCUT2D eigenvalue weighted by molar-refractivity contribution is 14.1. The van der Waals surface area contributed by atoms with Gasteiger partial charge in [-0.05, 0) is 29.0 Å². The Kier molecular flexibility index (Phi) is 6.68. The molecule has 0 bridgehead atoms. The summed E-state index contributed by atoms with van der Waals surface area (Å²) in [4.78, 5) is 15.7. The average molecular weight is 334 g/mol. The molecule has 1 heterocycles. The van der Waals surface area contributed by atoms with Crippen LogP contribution in [0, 0.1) is 3.57 Å². The van der Waals surface area contributed by atoms with Crippen LogP contribution < -0.4 is 5.56 Å². The van der Waals surface area contributed by atoms with Gasteiger partial charge < -0.3 is 0 Å². The Balaban J connectivity index is 2.27. The van der Waals surface area contributed by atoms with E-state index in [1.165, 1.54) is 32.1 Å². The molecule has 0 fully saturated rings. The van der Waals surface area contributed by atoms with Gasteiger partial charge >= 0.3 is 0 Å². The van der Waals surface area contributed by atoms with Crippen molar-refractivity contribution >= 4 is 22.6 Å². The molecule has 1 aromatic heterocycles. The van der Waals surface area contributed by atoms with Gasteiger partial charge in [0.2, 0.25) is 0 Å². The fourth-order valence-electron chi connectivity index (χ4n) is 1.65. The summed E-state index contributed by atoms with van der Waals surface area (Å²) in [6, 6.07) is 0. The highest BCUT2D eigenvalue weighted by Crippen LogP contribution is 2.05. The Hall–Kier alpha value is -0.390. The van der Waals surface area contributed by atoms with Crippen LogP contribution >= 0.6 is 22.6 Å². The lowest BCUT2D eigenvalue weighted by molar-refractivity contribution is 0.544. The van der Waals surface area contributed by atoms with Crippen LogP contribution in [0.4, 0.5) is 0 Å². The van der Waals surface area contributed by atoms with Gasteiger partial charge in [-0.15, -0.1) is 0 Å². The van der Waals surface area contributed by atoms with Gasteiger partial charge in [0, 0.05) is 12.7 Å². The Bertz CT molecular complexity index is 362. The zero-order valence-electron chi connectivity index (χ0n) is 9.79. The van der Waals surface area contributed by atoms with Crippen molar-refractivity contribution in [2.75, 3.05) is 0 Å². The molecule has 0 spiro atoms. The number of rotatable bonds is 7. The number of nitrogens with zero attached hydrogens (tertiary/aromatic N) is 2. The molecule has 1 aromatic rings. The highest BCUT2D eigenvalue weighted by atomic mass is 127. The SMILES string of the molecule is CCCCCCCCn1cncc(I)c1=O. The monoisotopic (exact) mass is 334 g/mol. The Morgan fingerprint density at radius 1 is 1.25 bits per heavy atom. The molecule has 0 aromatic carbocycles. The predicted molar refractivity (Wildman–Crippen MR) is 74.6 cm³/mol. The summed E-state index contributed by atoms with van der Waals surface area (Å²) in [6.07, 6.45) is 10.7. The summed E-state index contributed by atoms with van der Waals surface area (Å²) < 4.78 is 2.41. The molecule has 4 heteroatoms. The molecule has 0 amide bonds. The van der Waals surface area contributed by atoms with Gasteiger partial charge in [0.25, 0.3) is 5.56 Å². The van der Waals surface area contributed by atoms with Gasteiger partial charge in [0.05, 0.1) is 9.90 Å². The van der Waals surface area contributed by atoms with Gasteiger partial charge in [-0.1, -0.05) is 39.0 Å². The molecule has 3 nitrogen and oxygen atoms in total. The third-order valence-corrected chi connectivity index (χ3v) is 3.35. The quantitative estimate of drug-likeness (QED) is 0.567. The highest BCUT2D eigenvalue weighted by Gasteiger charge is 1.99. The minimum atomic E-state index is 0.0872. The molecular weight excluding hydrogens is 315 g/mol. The lowest BCUT2D eigenvalue weighted by Crippen LogP contribution is -2.22. The lowest BCUT2D eigenvalue weighted by Gasteiger charge is -2.04. The topological polar surface area (TPSA) is 34.9 Å². The van der Waals surface area contributed by atoms with E-state index in [-0.39, 0.29) is 5.56 Å². The molecule has 0 unspecified atom stereocenters. The van der Waals surface area contributed by atoms with Crippen LogP contribution in [0.25, 0.3) is 0 Å². The zero-order chi connectivity index (χ0) is 11.8. The number of hydrogen-bond donors (Lipinski definition) is 0. The summed E-state index contributed by atoms with van der Waals surface area (Å²) in [5.41, 5.74) is 0.0872. The summed E-state index contributed by atoms with van der Waals surface area (Å²) in [5, 5.41) is 0. The van der Waals surface area contributed by atoms with Gasteiger partial charge in [-0.3, -0.25) is 9.36 Å². The number of hydrogen-bond acceptors (Lipinski definition) is 2. The molecule has 90 valence electrons. The van der Waals surface area contributed by atoms with Crippen molar-refractivity contribution in [1.82, 2.24) is 9.55 Å². The third-order valence-electron chi connectivity index (χ3n) is 2.61. The van der Waals surface area contributed by atoms with Crippen molar-refractivity contribution in [2.45, 2.75) is 52.0 Å². The standard InChI is InChI=1S/C12H19IN2O/c1-2-3-4-5-6-7-8-15-10-14-9-11(13)12(15)16/h9-10H,2-8H2,1H3. The molecular formula is C12H19IN2O. The molecule has 0 saturated heterocycles. The summed E-state index contributed by atoms with van der Waals surface area (Å²) in [5.74, 6) is 0. The van der Waals surface area contributed by atoms with E-state index in [9.17, 15) is 4.79 Å². The van der Waals surface area contributed by atoms with E-state index in [1.54, 1.807) is 17.1 Å². The van der Waals surface area contributed by atoms with Gasteiger partial charge in [0.15, 0.2) is 0 Å². The van der Waals surface area contributed by atoms with E-state index in [2.05, 4.69) is 11.9 Å². The molecule has 0 aliphatic heterocycles. The normalized spacial score (nSPS) is 10.6. The largest absolute Gasteiger partial charge is 0.298 e. The third kappa shape index (κ3) is 4.63. The van der Waals surface area contributed by atoms with Crippen LogP contribution in [0.15, 0.2) is 17.3 Å². The maximum Gasteiger partial charge on any atom is 0.266 e. The smallest absolute Gasteiger partial charge is 0.266 e. The minimum absolute atomic E-state index is 0.0872. The van der Waals surface area contributed by atoms with E-state index in [0.717, 1.165) is 13.0 Å². The second-order valence-corrected chi connectivity index (χ2v) is 5.17. The van der Waals surface area contributed by atoms with Crippen LogP contribution in [0.5, 0.6) is 0 Å². The van der Waals surface area contributed by atoms with Crippen LogP contribution in [-0.4, -0.2) is 9.55 Å². The number of halogens is 1. The minimum Gasteiger partial charge on any atom is -0.298 e. The summed E-state index contributed by atoms with van der Waals surface area (Å²) in [7, 11) is 0. The van der Waals surface area contributed by atoms with Crippen molar-refractivity contribution in [3.8, 4) is 0 Å². The van der Waals surface area contributed by atoms with Crippen molar-refractivity contribution in [2.24, 2.45) is 0 Å². The molecule has 0 aliphatic carbocycles. The van der Waals surface area contributed by atoms with Crippen LogP contribution in [0.1, 0.15) is 45.4 Å². The fourth-order valence-corrected chi connectivity index (χ4v) is 2.12. The van der Waals surface area contributed by atoms with Crippen molar-refractivity contribution in [3.63, 3.8) is 0 Å². The van der Waals surface area contributed by atoms with Crippen LogP contribution in [0.2, 0.25) is 0 Å². The molecule has 0 N–H and O–H groups in total. The number of unbranched alkanes of at least 4 members (excludes halogenated alkanes) is 5. The Morgan fingerprint density at radius 3 is 2.69 bits per heavy atom. The first-order valence-corrected chi connectivity index (χ1v) is 7.03. The molecule has 0 atom stereocenters. The van der Waals surface area contributed by atoms with E-state index in [0.29, 0.717) is 3.57 Å². The predicted octanol–water partition coefficient (Wildman–Crippen LogP) is 3.21. The summed E-state index contributed by atoms with van der Waals surface area (Å²) >= 11 is 2.03.